The fourth-order valence-corrected chi connectivity index (χ4v) is 2.31. The van der Waals surface area contributed by atoms with Crippen molar-refractivity contribution in [2.45, 2.75) is 45.6 Å². The molecular formula is C11H24N2. The highest BCUT2D eigenvalue weighted by Gasteiger charge is 2.23. The molecule has 78 valence electrons. The molecule has 1 rings (SSSR count). The van der Waals surface area contributed by atoms with Crippen LogP contribution in [-0.2, 0) is 0 Å². The molecule has 0 radical (unpaired) electrons. The molecule has 2 unspecified atom stereocenters. The Morgan fingerprint density at radius 1 is 1.38 bits per heavy atom. The van der Waals surface area contributed by atoms with Gasteiger partial charge in [-0.15, -0.1) is 0 Å². The predicted molar refractivity (Wildman–Crippen MR) is 57.6 cm³/mol. The van der Waals surface area contributed by atoms with Gasteiger partial charge in [0, 0.05) is 19.1 Å². The van der Waals surface area contributed by atoms with E-state index in [2.05, 4.69) is 19.2 Å². The maximum atomic E-state index is 5.48. The third-order valence-electron chi connectivity index (χ3n) is 3.23. The summed E-state index contributed by atoms with van der Waals surface area (Å²) >= 11 is 0. The molecule has 2 heteroatoms. The molecule has 13 heavy (non-hydrogen) atoms. The van der Waals surface area contributed by atoms with Gasteiger partial charge in [-0.05, 0) is 24.7 Å². The van der Waals surface area contributed by atoms with Crippen molar-refractivity contribution in [2.75, 3.05) is 13.1 Å². The first-order chi connectivity index (χ1) is 6.24. The minimum atomic E-state index is 0.740. The quantitative estimate of drug-likeness (QED) is 0.698. The van der Waals surface area contributed by atoms with Crippen LogP contribution in [0.4, 0.5) is 0 Å². The summed E-state index contributed by atoms with van der Waals surface area (Å²) in [7, 11) is 0. The van der Waals surface area contributed by atoms with E-state index in [4.69, 9.17) is 5.73 Å². The minimum absolute atomic E-state index is 0.740. The Hall–Kier alpha value is -0.0800. The summed E-state index contributed by atoms with van der Waals surface area (Å²) in [5.41, 5.74) is 5.48. The molecule has 1 aliphatic rings. The van der Waals surface area contributed by atoms with Crippen molar-refractivity contribution >= 4 is 0 Å². The van der Waals surface area contributed by atoms with E-state index in [0.29, 0.717) is 0 Å². The summed E-state index contributed by atoms with van der Waals surface area (Å²) in [6.07, 6.45) is 5.53. The molecule has 3 N–H and O–H groups in total. The van der Waals surface area contributed by atoms with Crippen molar-refractivity contribution in [3.05, 3.63) is 0 Å². The molecule has 2 atom stereocenters. The highest BCUT2D eigenvalue weighted by molar-refractivity contribution is 4.79. The van der Waals surface area contributed by atoms with Gasteiger partial charge in [0.15, 0.2) is 0 Å². The molecule has 1 fully saturated rings. The van der Waals surface area contributed by atoms with Crippen molar-refractivity contribution in [3.63, 3.8) is 0 Å². The Bertz CT molecular complexity index is 134. The van der Waals surface area contributed by atoms with Gasteiger partial charge in [0.1, 0.15) is 0 Å². The van der Waals surface area contributed by atoms with Gasteiger partial charge in [0.2, 0.25) is 0 Å². The first-order valence-corrected chi connectivity index (χ1v) is 5.67. The van der Waals surface area contributed by atoms with Gasteiger partial charge in [-0.2, -0.15) is 0 Å². The van der Waals surface area contributed by atoms with E-state index in [9.17, 15) is 0 Å². The molecule has 0 aromatic rings. The fraction of sp³-hybridized carbons (Fsp3) is 1.00. The lowest BCUT2D eigenvalue weighted by atomic mass is 9.79. The molecule has 0 aromatic carbocycles. The summed E-state index contributed by atoms with van der Waals surface area (Å²) in [6.45, 7) is 6.43. The Labute approximate surface area is 82.3 Å². The third kappa shape index (κ3) is 3.65. The monoisotopic (exact) mass is 184 g/mol. The second kappa shape index (κ2) is 5.61. The number of hydrogen-bond acceptors (Lipinski definition) is 2. The van der Waals surface area contributed by atoms with Gasteiger partial charge in [0.05, 0.1) is 0 Å². The molecule has 0 bridgehead atoms. The SMILES string of the molecule is CC(C)C1CCCC(NCCN)C1. The molecule has 0 spiro atoms. The molecule has 2 nitrogen and oxygen atoms in total. The maximum Gasteiger partial charge on any atom is 0.00770 e. The van der Waals surface area contributed by atoms with Crippen LogP contribution in [0, 0.1) is 11.8 Å². The molecule has 0 aliphatic heterocycles. The first-order valence-electron chi connectivity index (χ1n) is 5.67. The average molecular weight is 184 g/mol. The lowest BCUT2D eigenvalue weighted by Crippen LogP contribution is -2.38. The van der Waals surface area contributed by atoms with Crippen molar-refractivity contribution in [1.29, 1.82) is 0 Å². The van der Waals surface area contributed by atoms with Crippen LogP contribution in [0.1, 0.15) is 39.5 Å². The normalized spacial score (nSPS) is 29.5. The fourth-order valence-electron chi connectivity index (χ4n) is 2.31. The highest BCUT2D eigenvalue weighted by Crippen LogP contribution is 2.29. The van der Waals surface area contributed by atoms with Crippen LogP contribution < -0.4 is 11.1 Å². The van der Waals surface area contributed by atoms with Crippen LogP contribution in [0.5, 0.6) is 0 Å². The van der Waals surface area contributed by atoms with Crippen LogP contribution in [0.3, 0.4) is 0 Å². The summed E-state index contributed by atoms with van der Waals surface area (Å²) in [5.74, 6) is 1.78. The standard InChI is InChI=1S/C11H24N2/c1-9(2)10-4-3-5-11(8-10)13-7-6-12/h9-11,13H,3-8,12H2,1-2H3. The van der Waals surface area contributed by atoms with Gasteiger partial charge in [-0.3, -0.25) is 0 Å². The van der Waals surface area contributed by atoms with E-state index in [1.54, 1.807) is 0 Å². The van der Waals surface area contributed by atoms with Crippen LogP contribution in [-0.4, -0.2) is 19.1 Å². The lowest BCUT2D eigenvalue weighted by Gasteiger charge is -2.32. The number of nitrogens with two attached hydrogens (primary N) is 1. The summed E-state index contributed by atoms with van der Waals surface area (Å²) < 4.78 is 0. The van der Waals surface area contributed by atoms with Gasteiger partial charge in [-0.25, -0.2) is 0 Å². The highest BCUT2D eigenvalue weighted by atomic mass is 14.9. The van der Waals surface area contributed by atoms with Crippen LogP contribution in [0.2, 0.25) is 0 Å². The second-order valence-electron chi connectivity index (χ2n) is 4.61. The Morgan fingerprint density at radius 3 is 2.77 bits per heavy atom. The molecular weight excluding hydrogens is 160 g/mol. The van der Waals surface area contributed by atoms with Crippen LogP contribution in [0.25, 0.3) is 0 Å². The van der Waals surface area contributed by atoms with E-state index in [1.165, 1.54) is 25.7 Å². The van der Waals surface area contributed by atoms with Crippen molar-refractivity contribution in [1.82, 2.24) is 5.32 Å². The second-order valence-corrected chi connectivity index (χ2v) is 4.61. The van der Waals surface area contributed by atoms with E-state index in [1.807, 2.05) is 0 Å². The number of nitrogens with one attached hydrogen (secondary N) is 1. The molecule has 0 saturated heterocycles. The predicted octanol–water partition coefficient (Wildman–Crippen LogP) is 1.75. The molecule has 0 heterocycles. The minimum Gasteiger partial charge on any atom is -0.329 e. The Morgan fingerprint density at radius 2 is 2.15 bits per heavy atom. The molecule has 1 saturated carbocycles. The smallest absolute Gasteiger partial charge is 0.00770 e. The Kier molecular flexibility index (Phi) is 4.74. The topological polar surface area (TPSA) is 38.0 Å². The van der Waals surface area contributed by atoms with Gasteiger partial charge < -0.3 is 11.1 Å². The zero-order valence-electron chi connectivity index (χ0n) is 9.05. The van der Waals surface area contributed by atoms with Gasteiger partial charge in [0.25, 0.3) is 0 Å². The largest absolute Gasteiger partial charge is 0.329 e. The van der Waals surface area contributed by atoms with Crippen molar-refractivity contribution < 1.29 is 0 Å². The molecule has 1 aliphatic carbocycles. The van der Waals surface area contributed by atoms with Crippen LogP contribution >= 0.6 is 0 Å². The van der Waals surface area contributed by atoms with E-state index < -0.39 is 0 Å². The van der Waals surface area contributed by atoms with Crippen molar-refractivity contribution in [2.24, 2.45) is 17.6 Å². The van der Waals surface area contributed by atoms with E-state index in [0.717, 1.165) is 31.0 Å². The van der Waals surface area contributed by atoms with Crippen LogP contribution in [0.15, 0.2) is 0 Å². The lowest BCUT2D eigenvalue weighted by molar-refractivity contribution is 0.233. The van der Waals surface area contributed by atoms with E-state index in [-0.39, 0.29) is 0 Å². The summed E-state index contributed by atoms with van der Waals surface area (Å²) in [5, 5.41) is 3.53. The molecule has 0 amide bonds. The summed E-state index contributed by atoms with van der Waals surface area (Å²) in [6, 6.07) is 0.740. The average Bonchev–Trinajstić information content (AvgIpc) is 2.15. The van der Waals surface area contributed by atoms with E-state index >= 15 is 0 Å². The maximum absolute atomic E-state index is 5.48. The van der Waals surface area contributed by atoms with Gasteiger partial charge in [-0.1, -0.05) is 26.7 Å². The third-order valence-corrected chi connectivity index (χ3v) is 3.23. The number of hydrogen-bond donors (Lipinski definition) is 2. The summed E-state index contributed by atoms with van der Waals surface area (Å²) in [4.78, 5) is 0. The van der Waals surface area contributed by atoms with Crippen molar-refractivity contribution in [3.8, 4) is 0 Å². The first kappa shape index (κ1) is 11.0. The zero-order chi connectivity index (χ0) is 9.68. The Balaban J connectivity index is 2.25. The van der Waals surface area contributed by atoms with Gasteiger partial charge >= 0.3 is 0 Å². The number of rotatable bonds is 4. The molecule has 0 aromatic heterocycles. The zero-order valence-corrected chi connectivity index (χ0v) is 9.05.